The number of amidine groups is 1. The molecule has 1 aromatic rings. The van der Waals surface area contributed by atoms with Crippen molar-refractivity contribution in [1.29, 1.82) is 0 Å². The summed E-state index contributed by atoms with van der Waals surface area (Å²) >= 11 is 1.84. The van der Waals surface area contributed by atoms with Crippen LogP contribution in [0.1, 0.15) is 20.3 Å². The van der Waals surface area contributed by atoms with Crippen molar-refractivity contribution in [3.05, 3.63) is 30.3 Å². The van der Waals surface area contributed by atoms with Gasteiger partial charge < -0.3 is 10.6 Å². The van der Waals surface area contributed by atoms with E-state index in [0.29, 0.717) is 6.04 Å². The molecule has 104 valence electrons. The predicted molar refractivity (Wildman–Crippen MR) is 83.9 cm³/mol. The Balaban J connectivity index is 1.68. The van der Waals surface area contributed by atoms with Crippen LogP contribution in [0, 0.1) is 0 Å². The molecule has 1 aromatic carbocycles. The van der Waals surface area contributed by atoms with Crippen molar-refractivity contribution >= 4 is 17.6 Å². The molecule has 0 bridgehead atoms. The summed E-state index contributed by atoms with van der Waals surface area (Å²) in [5.74, 6) is 2.14. The van der Waals surface area contributed by atoms with E-state index in [9.17, 15) is 0 Å². The van der Waals surface area contributed by atoms with E-state index in [-0.39, 0.29) is 6.04 Å². The van der Waals surface area contributed by atoms with Crippen LogP contribution in [0.4, 0.5) is 0 Å². The Bertz CT molecular complexity index is 419. The summed E-state index contributed by atoms with van der Waals surface area (Å²) in [7, 11) is 0. The molecule has 2 atom stereocenters. The Labute approximate surface area is 120 Å². The summed E-state index contributed by atoms with van der Waals surface area (Å²) < 4.78 is 0. The Morgan fingerprint density at radius 2 is 2.16 bits per heavy atom. The van der Waals surface area contributed by atoms with Crippen LogP contribution in [0.15, 0.2) is 40.2 Å². The maximum atomic E-state index is 6.19. The Morgan fingerprint density at radius 1 is 1.42 bits per heavy atom. The molecule has 0 spiro atoms. The normalized spacial score (nSPS) is 20.5. The van der Waals surface area contributed by atoms with Gasteiger partial charge in [-0.25, -0.2) is 0 Å². The monoisotopic (exact) mass is 277 g/mol. The molecule has 1 unspecified atom stereocenters. The Kier molecular flexibility index (Phi) is 5.28. The Hall–Kier alpha value is -1.00. The van der Waals surface area contributed by atoms with Gasteiger partial charge in [0.15, 0.2) is 0 Å². The van der Waals surface area contributed by atoms with Crippen molar-refractivity contribution in [2.24, 2.45) is 10.7 Å². The summed E-state index contributed by atoms with van der Waals surface area (Å²) in [6.07, 6.45) is 1.03. The highest BCUT2D eigenvalue weighted by Gasteiger charge is 2.18. The number of hydrogen-bond donors (Lipinski definition) is 1. The molecule has 0 aliphatic carbocycles. The molecule has 0 saturated carbocycles. The van der Waals surface area contributed by atoms with Crippen LogP contribution in [-0.2, 0) is 0 Å². The van der Waals surface area contributed by atoms with Crippen molar-refractivity contribution in [2.75, 3.05) is 18.8 Å². The lowest BCUT2D eigenvalue weighted by Crippen LogP contribution is -2.33. The van der Waals surface area contributed by atoms with Gasteiger partial charge in [0.25, 0.3) is 0 Å². The van der Waals surface area contributed by atoms with E-state index in [1.165, 1.54) is 4.90 Å². The molecule has 3 nitrogen and oxygen atoms in total. The van der Waals surface area contributed by atoms with Gasteiger partial charge in [0, 0.05) is 29.8 Å². The second-order valence-electron chi connectivity index (χ2n) is 5.14. The Morgan fingerprint density at radius 3 is 2.79 bits per heavy atom. The molecule has 1 heterocycles. The van der Waals surface area contributed by atoms with Crippen LogP contribution in [0.5, 0.6) is 0 Å². The maximum absolute atomic E-state index is 6.19. The van der Waals surface area contributed by atoms with Crippen molar-refractivity contribution in [1.82, 2.24) is 4.90 Å². The predicted octanol–water partition coefficient (Wildman–Crippen LogP) is 2.62. The topological polar surface area (TPSA) is 41.6 Å². The molecule has 1 aliphatic heterocycles. The average Bonchev–Trinajstić information content (AvgIpc) is 2.73. The number of hydrogen-bond acceptors (Lipinski definition) is 4. The average molecular weight is 277 g/mol. The van der Waals surface area contributed by atoms with E-state index in [2.05, 4.69) is 48.0 Å². The molecule has 19 heavy (non-hydrogen) atoms. The highest BCUT2D eigenvalue weighted by Crippen LogP contribution is 2.18. The lowest BCUT2D eigenvalue weighted by molar-refractivity contribution is 0.407. The van der Waals surface area contributed by atoms with Gasteiger partial charge in [-0.2, -0.15) is 0 Å². The zero-order valence-electron chi connectivity index (χ0n) is 11.7. The van der Waals surface area contributed by atoms with Gasteiger partial charge in [-0.1, -0.05) is 18.2 Å². The van der Waals surface area contributed by atoms with E-state index in [1.807, 2.05) is 17.8 Å². The van der Waals surface area contributed by atoms with Gasteiger partial charge >= 0.3 is 0 Å². The van der Waals surface area contributed by atoms with Crippen LogP contribution in [0.25, 0.3) is 0 Å². The van der Waals surface area contributed by atoms with Crippen molar-refractivity contribution < 1.29 is 0 Å². The molecule has 0 radical (unpaired) electrons. The number of nitrogens with zero attached hydrogens (tertiary/aromatic N) is 2. The molecule has 2 N–H and O–H groups in total. The van der Waals surface area contributed by atoms with Crippen molar-refractivity contribution in [3.8, 4) is 0 Å². The lowest BCUT2D eigenvalue weighted by Gasteiger charge is -2.21. The summed E-state index contributed by atoms with van der Waals surface area (Å²) in [6, 6.07) is 11.1. The van der Waals surface area contributed by atoms with E-state index in [0.717, 1.165) is 31.1 Å². The van der Waals surface area contributed by atoms with E-state index in [1.54, 1.807) is 0 Å². The second-order valence-corrected chi connectivity index (χ2v) is 6.24. The fraction of sp³-hybridized carbons (Fsp3) is 0.533. The van der Waals surface area contributed by atoms with Gasteiger partial charge in [0.1, 0.15) is 0 Å². The lowest BCUT2D eigenvalue weighted by atomic mass is 10.2. The van der Waals surface area contributed by atoms with Crippen molar-refractivity contribution in [2.45, 2.75) is 37.2 Å². The van der Waals surface area contributed by atoms with Crippen molar-refractivity contribution in [3.63, 3.8) is 0 Å². The van der Waals surface area contributed by atoms with Crippen LogP contribution in [0.2, 0.25) is 0 Å². The van der Waals surface area contributed by atoms with E-state index in [4.69, 9.17) is 5.73 Å². The van der Waals surface area contributed by atoms with Crippen LogP contribution >= 0.6 is 11.8 Å². The summed E-state index contributed by atoms with van der Waals surface area (Å²) in [5, 5.41) is 0. The van der Waals surface area contributed by atoms with Gasteiger partial charge in [-0.3, -0.25) is 4.99 Å². The summed E-state index contributed by atoms with van der Waals surface area (Å²) in [6.45, 7) is 6.32. The third-order valence-corrected chi connectivity index (χ3v) is 4.53. The minimum absolute atomic E-state index is 0.244. The first kappa shape index (κ1) is 14.4. The number of nitrogens with two attached hydrogens (primary N) is 1. The van der Waals surface area contributed by atoms with E-state index >= 15 is 0 Å². The fourth-order valence-corrected chi connectivity index (χ4v) is 3.19. The second kappa shape index (κ2) is 6.96. The first-order valence-electron chi connectivity index (χ1n) is 6.88. The third-order valence-electron chi connectivity index (χ3n) is 3.33. The number of benzene rings is 1. The van der Waals surface area contributed by atoms with Gasteiger partial charge in [-0.05, 0) is 32.4 Å². The molecular formula is C15H23N3S. The summed E-state index contributed by atoms with van der Waals surface area (Å²) in [5.41, 5.74) is 6.19. The number of rotatable bonds is 6. The van der Waals surface area contributed by atoms with Gasteiger partial charge in [0.05, 0.1) is 11.9 Å². The zero-order chi connectivity index (χ0) is 13.7. The molecule has 1 aliphatic rings. The molecule has 0 amide bonds. The minimum atomic E-state index is 0.244. The summed E-state index contributed by atoms with van der Waals surface area (Å²) in [4.78, 5) is 8.18. The van der Waals surface area contributed by atoms with Crippen LogP contribution in [0.3, 0.4) is 0 Å². The SMILES string of the molecule is CC1=NC(C)CN1CC[C@@H](N)CSc1ccccc1. The number of aliphatic imine (C=N–C) groups is 1. The highest BCUT2D eigenvalue weighted by atomic mass is 32.2. The van der Waals surface area contributed by atoms with Crippen LogP contribution in [-0.4, -0.2) is 41.7 Å². The zero-order valence-corrected chi connectivity index (χ0v) is 12.6. The molecule has 0 aromatic heterocycles. The molecule has 4 heteroatoms. The third kappa shape index (κ3) is 4.55. The highest BCUT2D eigenvalue weighted by molar-refractivity contribution is 7.99. The molecule has 0 saturated heterocycles. The minimum Gasteiger partial charge on any atom is -0.358 e. The van der Waals surface area contributed by atoms with Gasteiger partial charge in [0.2, 0.25) is 0 Å². The standard InChI is InChI=1S/C15H23N3S/c1-12-10-18(13(2)17-12)9-8-14(16)11-19-15-6-4-3-5-7-15/h3-7,12,14H,8-11,16H2,1-2H3/t12?,14-/m1/s1. The largest absolute Gasteiger partial charge is 0.358 e. The van der Waals surface area contributed by atoms with Crippen LogP contribution < -0.4 is 5.73 Å². The fourth-order valence-electron chi connectivity index (χ4n) is 2.27. The first-order valence-corrected chi connectivity index (χ1v) is 7.86. The van der Waals surface area contributed by atoms with E-state index < -0.39 is 0 Å². The maximum Gasteiger partial charge on any atom is 0.0962 e. The quantitative estimate of drug-likeness (QED) is 0.813. The molecular weight excluding hydrogens is 254 g/mol. The number of thioether (sulfide) groups is 1. The smallest absolute Gasteiger partial charge is 0.0962 e. The molecule has 2 rings (SSSR count). The van der Waals surface area contributed by atoms with Gasteiger partial charge in [-0.15, -0.1) is 11.8 Å². The molecule has 0 fully saturated rings. The first-order chi connectivity index (χ1) is 9.15.